The van der Waals surface area contributed by atoms with E-state index < -0.39 is 5.54 Å². The number of rotatable bonds is 5. The predicted molar refractivity (Wildman–Crippen MR) is 87.1 cm³/mol. The van der Waals surface area contributed by atoms with Gasteiger partial charge in [-0.2, -0.15) is 0 Å². The number of fused-ring (bicyclic) bond motifs is 3. The zero-order valence-electron chi connectivity index (χ0n) is 12.2. The summed E-state index contributed by atoms with van der Waals surface area (Å²) in [7, 11) is 0. The Hall–Kier alpha value is -0.730. The van der Waals surface area contributed by atoms with Gasteiger partial charge in [0.15, 0.2) is 0 Å². The second-order valence-electron chi connectivity index (χ2n) is 6.34. The highest BCUT2D eigenvalue weighted by atomic mass is 35.5. The largest absolute Gasteiger partial charge is 0.348 e. The molecule has 0 spiro atoms. The van der Waals surface area contributed by atoms with Crippen LogP contribution in [0.25, 0.3) is 0 Å². The van der Waals surface area contributed by atoms with Crippen molar-refractivity contribution in [2.24, 2.45) is 11.8 Å². The average molecular weight is 326 g/mol. The number of amides is 1. The van der Waals surface area contributed by atoms with Gasteiger partial charge in [-0.3, -0.25) is 4.79 Å². The van der Waals surface area contributed by atoms with Gasteiger partial charge in [0.2, 0.25) is 5.91 Å². The quantitative estimate of drug-likeness (QED) is 0.821. The normalized spacial score (nSPS) is 26.7. The minimum absolute atomic E-state index is 0.103. The van der Waals surface area contributed by atoms with Crippen LogP contribution in [0.4, 0.5) is 0 Å². The van der Waals surface area contributed by atoms with Crippen molar-refractivity contribution in [3.05, 3.63) is 35.4 Å². The summed E-state index contributed by atoms with van der Waals surface area (Å²) in [4.78, 5) is 12.6. The molecule has 3 rings (SSSR count). The van der Waals surface area contributed by atoms with Crippen molar-refractivity contribution in [1.82, 2.24) is 5.32 Å². The number of benzene rings is 1. The third-order valence-corrected chi connectivity index (χ3v) is 6.23. The standard InChI is InChI=1S/C17H21Cl2NO/c1-2-17(9-18,10-19)20-16(21)15-13-8-7-11-5-3-4-6-12(11)14(13)15/h3-6,13-15H,2,7-10H2,1H3,(H,20,21). The Balaban J connectivity index is 1.74. The molecule has 0 aliphatic heterocycles. The monoisotopic (exact) mass is 325 g/mol. The Morgan fingerprint density at radius 2 is 2.05 bits per heavy atom. The first kappa shape index (κ1) is 15.2. The molecule has 4 heteroatoms. The van der Waals surface area contributed by atoms with Gasteiger partial charge in [0.25, 0.3) is 0 Å². The van der Waals surface area contributed by atoms with E-state index in [9.17, 15) is 4.79 Å². The summed E-state index contributed by atoms with van der Waals surface area (Å²) in [6.45, 7) is 2.01. The summed E-state index contributed by atoms with van der Waals surface area (Å²) in [6.07, 6.45) is 2.95. The number of hydrogen-bond donors (Lipinski definition) is 1. The van der Waals surface area contributed by atoms with Gasteiger partial charge in [0.05, 0.1) is 5.54 Å². The summed E-state index contributed by atoms with van der Waals surface area (Å²) in [5, 5.41) is 3.13. The van der Waals surface area contributed by atoms with E-state index in [-0.39, 0.29) is 11.8 Å². The second-order valence-corrected chi connectivity index (χ2v) is 6.88. The SMILES string of the molecule is CCC(CCl)(CCl)NC(=O)C1C2CCc3ccccc3C21. The van der Waals surface area contributed by atoms with Gasteiger partial charge in [0.1, 0.15) is 0 Å². The number of carbonyl (C=O) groups excluding carboxylic acids is 1. The van der Waals surface area contributed by atoms with Crippen LogP contribution in [-0.4, -0.2) is 23.2 Å². The topological polar surface area (TPSA) is 29.1 Å². The van der Waals surface area contributed by atoms with E-state index in [1.165, 1.54) is 11.1 Å². The first-order valence-electron chi connectivity index (χ1n) is 7.67. The summed E-state index contributed by atoms with van der Waals surface area (Å²) in [6, 6.07) is 8.52. The third-order valence-electron chi connectivity index (χ3n) is 5.21. The molecular formula is C17H21Cl2NO. The van der Waals surface area contributed by atoms with Crippen LogP contribution in [0.15, 0.2) is 24.3 Å². The minimum atomic E-state index is -0.467. The molecule has 1 aromatic carbocycles. The van der Waals surface area contributed by atoms with Gasteiger partial charge in [-0.1, -0.05) is 31.2 Å². The molecule has 1 amide bonds. The molecule has 1 fully saturated rings. The molecule has 2 nitrogen and oxygen atoms in total. The van der Waals surface area contributed by atoms with E-state index in [2.05, 4.69) is 29.6 Å². The zero-order chi connectivity index (χ0) is 15.0. The van der Waals surface area contributed by atoms with E-state index >= 15 is 0 Å². The number of hydrogen-bond acceptors (Lipinski definition) is 1. The van der Waals surface area contributed by atoms with Gasteiger partial charge in [0, 0.05) is 17.7 Å². The lowest BCUT2D eigenvalue weighted by Gasteiger charge is -2.29. The Kier molecular flexibility index (Phi) is 4.20. The summed E-state index contributed by atoms with van der Waals surface area (Å²) in [5.41, 5.74) is 2.31. The lowest BCUT2D eigenvalue weighted by molar-refractivity contribution is -0.124. The van der Waals surface area contributed by atoms with Crippen LogP contribution in [0.5, 0.6) is 0 Å². The Labute approximate surface area is 136 Å². The molecule has 0 aromatic heterocycles. The van der Waals surface area contributed by atoms with Gasteiger partial charge >= 0.3 is 0 Å². The van der Waals surface area contributed by atoms with E-state index in [0.717, 1.165) is 19.3 Å². The third kappa shape index (κ3) is 2.57. The zero-order valence-corrected chi connectivity index (χ0v) is 13.8. The molecule has 0 radical (unpaired) electrons. The molecule has 3 unspecified atom stereocenters. The van der Waals surface area contributed by atoms with Crippen molar-refractivity contribution < 1.29 is 4.79 Å². The molecule has 1 N–H and O–H groups in total. The molecule has 2 aliphatic rings. The molecule has 114 valence electrons. The lowest BCUT2D eigenvalue weighted by Crippen LogP contribution is -2.52. The molecule has 0 heterocycles. The first-order valence-corrected chi connectivity index (χ1v) is 8.74. The molecule has 0 saturated heterocycles. The van der Waals surface area contributed by atoms with Gasteiger partial charge in [-0.15, -0.1) is 23.2 Å². The fourth-order valence-corrected chi connectivity index (χ4v) is 4.45. The van der Waals surface area contributed by atoms with E-state index in [0.29, 0.717) is 23.6 Å². The van der Waals surface area contributed by atoms with Gasteiger partial charge in [-0.25, -0.2) is 0 Å². The van der Waals surface area contributed by atoms with Crippen LogP contribution in [0.1, 0.15) is 36.8 Å². The van der Waals surface area contributed by atoms with Crippen molar-refractivity contribution in [3.8, 4) is 0 Å². The molecule has 2 aliphatic carbocycles. The lowest BCUT2D eigenvalue weighted by atomic mass is 9.92. The highest BCUT2D eigenvalue weighted by Gasteiger charge is 2.57. The molecule has 1 saturated carbocycles. The highest BCUT2D eigenvalue weighted by Crippen LogP contribution is 2.59. The minimum Gasteiger partial charge on any atom is -0.348 e. The molecular weight excluding hydrogens is 305 g/mol. The Bertz CT molecular complexity index is 533. The predicted octanol–water partition coefficient (Wildman–Crippen LogP) is 3.71. The fourth-order valence-electron chi connectivity index (χ4n) is 3.65. The summed E-state index contributed by atoms with van der Waals surface area (Å²) >= 11 is 12.1. The fraction of sp³-hybridized carbons (Fsp3) is 0.588. The molecule has 0 bridgehead atoms. The van der Waals surface area contributed by atoms with Crippen molar-refractivity contribution in [1.29, 1.82) is 0 Å². The van der Waals surface area contributed by atoms with Gasteiger partial charge in [-0.05, 0) is 42.2 Å². The first-order chi connectivity index (χ1) is 10.2. The van der Waals surface area contributed by atoms with E-state index in [4.69, 9.17) is 23.2 Å². The van der Waals surface area contributed by atoms with Crippen LogP contribution >= 0.6 is 23.2 Å². The maximum absolute atomic E-state index is 12.6. The van der Waals surface area contributed by atoms with Gasteiger partial charge < -0.3 is 5.32 Å². The second kappa shape index (κ2) is 5.81. The average Bonchev–Trinajstić information content (AvgIpc) is 3.28. The molecule has 3 atom stereocenters. The number of alkyl halides is 2. The van der Waals surface area contributed by atoms with Crippen molar-refractivity contribution >= 4 is 29.1 Å². The molecule has 1 aromatic rings. The highest BCUT2D eigenvalue weighted by molar-refractivity contribution is 6.22. The maximum Gasteiger partial charge on any atom is 0.224 e. The van der Waals surface area contributed by atoms with Crippen LogP contribution in [0.2, 0.25) is 0 Å². The molecule has 21 heavy (non-hydrogen) atoms. The number of halogens is 2. The van der Waals surface area contributed by atoms with Crippen LogP contribution < -0.4 is 5.32 Å². The Morgan fingerprint density at radius 1 is 1.33 bits per heavy atom. The summed E-state index contributed by atoms with van der Waals surface area (Å²) in [5.74, 6) is 1.85. The van der Waals surface area contributed by atoms with Crippen molar-refractivity contribution in [3.63, 3.8) is 0 Å². The van der Waals surface area contributed by atoms with E-state index in [1.54, 1.807) is 0 Å². The number of carbonyl (C=O) groups is 1. The smallest absolute Gasteiger partial charge is 0.224 e. The summed E-state index contributed by atoms with van der Waals surface area (Å²) < 4.78 is 0. The maximum atomic E-state index is 12.6. The number of aryl methyl sites for hydroxylation is 1. The van der Waals surface area contributed by atoms with Crippen LogP contribution in [0, 0.1) is 11.8 Å². The Morgan fingerprint density at radius 3 is 2.71 bits per heavy atom. The van der Waals surface area contributed by atoms with E-state index in [1.807, 2.05) is 6.92 Å². The van der Waals surface area contributed by atoms with Crippen LogP contribution in [-0.2, 0) is 11.2 Å². The van der Waals surface area contributed by atoms with Crippen molar-refractivity contribution in [2.75, 3.05) is 11.8 Å². The van der Waals surface area contributed by atoms with Crippen LogP contribution in [0.3, 0.4) is 0 Å². The number of nitrogens with one attached hydrogen (secondary N) is 1. The van der Waals surface area contributed by atoms with Crippen molar-refractivity contribution in [2.45, 2.75) is 37.6 Å².